The normalized spacial score (nSPS) is 11.6. The van der Waals surface area contributed by atoms with Crippen LogP contribution >= 0.6 is 0 Å². The molecule has 2 amide bonds. The molecule has 12 heavy (non-hydrogen) atoms. The topological polar surface area (TPSA) is 72.2 Å². The Morgan fingerprint density at radius 3 is 2.25 bits per heavy atom. The molecule has 0 aliphatic heterocycles. The van der Waals surface area contributed by atoms with Crippen LogP contribution in [0.2, 0.25) is 0 Å². The van der Waals surface area contributed by atoms with E-state index in [4.69, 9.17) is 5.73 Å². The number of hydrogen-bond acceptors (Lipinski definition) is 2. The minimum Gasteiger partial charge on any atom is -0.368 e. The maximum absolute atomic E-state index is 11.0. The number of allylic oxidation sites excluding steroid dienone is 1. The molecule has 0 rings (SSSR count). The lowest BCUT2D eigenvalue weighted by Gasteiger charge is -2.20. The minimum absolute atomic E-state index is 0.318. The van der Waals surface area contributed by atoms with Crippen LogP contribution in [0.3, 0.4) is 0 Å². The summed E-state index contributed by atoms with van der Waals surface area (Å²) in [6.45, 7) is 4.82. The van der Waals surface area contributed by atoms with Crippen LogP contribution < -0.4 is 11.1 Å². The summed E-state index contributed by atoms with van der Waals surface area (Å²) in [5.74, 6) is -0.873. The Kier molecular flexibility index (Phi) is 3.47. The van der Waals surface area contributed by atoms with Crippen molar-refractivity contribution in [2.45, 2.75) is 26.3 Å². The van der Waals surface area contributed by atoms with Crippen molar-refractivity contribution >= 4 is 11.8 Å². The minimum atomic E-state index is -0.989. The Morgan fingerprint density at radius 2 is 1.92 bits per heavy atom. The van der Waals surface area contributed by atoms with E-state index in [1.807, 2.05) is 0 Å². The number of amides is 2. The molecule has 0 atom stereocenters. The Balaban J connectivity index is 4.25. The van der Waals surface area contributed by atoms with Gasteiger partial charge in [0, 0.05) is 0 Å². The van der Waals surface area contributed by atoms with E-state index in [9.17, 15) is 9.59 Å². The van der Waals surface area contributed by atoms with Crippen LogP contribution in [0.1, 0.15) is 20.8 Å². The molecule has 0 saturated heterocycles. The predicted molar refractivity (Wildman–Crippen MR) is 46.2 cm³/mol. The van der Waals surface area contributed by atoms with E-state index in [0.29, 0.717) is 0 Å². The van der Waals surface area contributed by atoms with Gasteiger partial charge in [-0.25, -0.2) is 0 Å². The predicted octanol–water partition coefficient (Wildman–Crippen LogP) is -0.0574. The number of carbonyl (C=O) groups is 2. The zero-order chi connectivity index (χ0) is 9.78. The largest absolute Gasteiger partial charge is 0.368 e. The SMILES string of the molecule is CC=CC(=O)NC(C)(C)C(N)=O. The van der Waals surface area contributed by atoms with E-state index in [1.165, 1.54) is 6.08 Å². The molecule has 0 aliphatic carbocycles. The van der Waals surface area contributed by atoms with Crippen molar-refractivity contribution in [2.75, 3.05) is 0 Å². The van der Waals surface area contributed by atoms with Crippen LogP contribution in [-0.4, -0.2) is 17.4 Å². The summed E-state index contributed by atoms with van der Waals surface area (Å²) < 4.78 is 0. The van der Waals surface area contributed by atoms with Crippen LogP contribution in [-0.2, 0) is 9.59 Å². The number of carbonyl (C=O) groups excluding carboxylic acids is 2. The van der Waals surface area contributed by atoms with Crippen molar-refractivity contribution in [2.24, 2.45) is 5.73 Å². The summed E-state index contributed by atoms with van der Waals surface area (Å²) in [5.41, 5.74) is 4.05. The van der Waals surface area contributed by atoms with E-state index in [1.54, 1.807) is 26.8 Å². The fraction of sp³-hybridized carbons (Fsp3) is 0.500. The lowest BCUT2D eigenvalue weighted by Crippen LogP contribution is -2.52. The van der Waals surface area contributed by atoms with Crippen molar-refractivity contribution in [3.05, 3.63) is 12.2 Å². The van der Waals surface area contributed by atoms with Crippen molar-refractivity contribution in [3.8, 4) is 0 Å². The highest BCUT2D eigenvalue weighted by atomic mass is 16.2. The Bertz CT molecular complexity index is 219. The molecule has 0 saturated carbocycles. The van der Waals surface area contributed by atoms with Crippen molar-refractivity contribution in [3.63, 3.8) is 0 Å². The molecule has 3 N–H and O–H groups in total. The second-order valence-corrected chi connectivity index (χ2v) is 2.98. The van der Waals surface area contributed by atoms with Gasteiger partial charge >= 0.3 is 0 Å². The summed E-state index contributed by atoms with van der Waals surface area (Å²) in [7, 11) is 0. The molecule has 0 bridgehead atoms. The van der Waals surface area contributed by atoms with E-state index in [2.05, 4.69) is 5.32 Å². The third-order valence-electron chi connectivity index (χ3n) is 1.37. The fourth-order valence-electron chi connectivity index (χ4n) is 0.563. The smallest absolute Gasteiger partial charge is 0.244 e. The van der Waals surface area contributed by atoms with Crippen molar-refractivity contribution < 1.29 is 9.59 Å². The summed E-state index contributed by atoms with van der Waals surface area (Å²) >= 11 is 0. The third kappa shape index (κ3) is 3.18. The molecule has 0 radical (unpaired) electrons. The molecule has 4 heteroatoms. The molecule has 68 valence electrons. The maximum Gasteiger partial charge on any atom is 0.244 e. The average Bonchev–Trinajstić information content (AvgIpc) is 1.85. The lowest BCUT2D eigenvalue weighted by molar-refractivity contribution is -0.128. The molecule has 0 heterocycles. The summed E-state index contributed by atoms with van der Waals surface area (Å²) in [4.78, 5) is 21.7. The van der Waals surface area contributed by atoms with Crippen molar-refractivity contribution in [1.29, 1.82) is 0 Å². The van der Waals surface area contributed by atoms with E-state index >= 15 is 0 Å². The number of primary amides is 1. The van der Waals surface area contributed by atoms with Crippen LogP contribution in [0.25, 0.3) is 0 Å². The molecule has 0 fully saturated rings. The summed E-state index contributed by atoms with van der Waals surface area (Å²) in [5, 5.41) is 2.46. The highest BCUT2D eigenvalue weighted by Crippen LogP contribution is 1.99. The number of rotatable bonds is 3. The third-order valence-corrected chi connectivity index (χ3v) is 1.37. The Morgan fingerprint density at radius 1 is 1.42 bits per heavy atom. The number of nitrogens with one attached hydrogen (secondary N) is 1. The fourth-order valence-corrected chi connectivity index (χ4v) is 0.563. The van der Waals surface area contributed by atoms with Crippen LogP contribution in [0, 0.1) is 0 Å². The van der Waals surface area contributed by atoms with Gasteiger partial charge in [0.25, 0.3) is 0 Å². The van der Waals surface area contributed by atoms with Gasteiger partial charge in [0.05, 0.1) is 0 Å². The van der Waals surface area contributed by atoms with Gasteiger partial charge in [-0.2, -0.15) is 0 Å². The second kappa shape index (κ2) is 3.90. The van der Waals surface area contributed by atoms with Crippen LogP contribution in [0.15, 0.2) is 12.2 Å². The number of hydrogen-bond donors (Lipinski definition) is 2. The Labute approximate surface area is 71.8 Å². The standard InChI is InChI=1S/C8H14N2O2/c1-4-5-6(11)10-8(2,3)7(9)12/h4-5H,1-3H3,(H2,9,12)(H,10,11). The lowest BCUT2D eigenvalue weighted by atomic mass is 10.1. The van der Waals surface area contributed by atoms with E-state index in [0.717, 1.165) is 0 Å². The van der Waals surface area contributed by atoms with E-state index < -0.39 is 11.4 Å². The van der Waals surface area contributed by atoms with Crippen LogP contribution in [0.4, 0.5) is 0 Å². The average molecular weight is 170 g/mol. The van der Waals surface area contributed by atoms with Gasteiger partial charge in [-0.3, -0.25) is 9.59 Å². The first-order chi connectivity index (χ1) is 5.40. The molecule has 0 aromatic carbocycles. The summed E-state index contributed by atoms with van der Waals surface area (Å²) in [6.07, 6.45) is 2.93. The number of nitrogens with two attached hydrogens (primary N) is 1. The zero-order valence-corrected chi connectivity index (χ0v) is 7.55. The molecular weight excluding hydrogens is 156 g/mol. The monoisotopic (exact) mass is 170 g/mol. The highest BCUT2D eigenvalue weighted by molar-refractivity contribution is 5.94. The first-order valence-electron chi connectivity index (χ1n) is 3.65. The molecular formula is C8H14N2O2. The molecule has 0 spiro atoms. The van der Waals surface area contributed by atoms with Crippen molar-refractivity contribution in [1.82, 2.24) is 5.32 Å². The quantitative estimate of drug-likeness (QED) is 0.582. The van der Waals surface area contributed by atoms with Gasteiger partial charge in [0.2, 0.25) is 11.8 Å². The van der Waals surface area contributed by atoms with E-state index in [-0.39, 0.29) is 5.91 Å². The molecule has 0 aromatic heterocycles. The van der Waals surface area contributed by atoms with Gasteiger partial charge < -0.3 is 11.1 Å². The first kappa shape index (κ1) is 10.7. The van der Waals surface area contributed by atoms with Gasteiger partial charge in [0.1, 0.15) is 5.54 Å². The van der Waals surface area contributed by atoms with Crippen LogP contribution in [0.5, 0.6) is 0 Å². The maximum atomic E-state index is 11.0. The zero-order valence-electron chi connectivity index (χ0n) is 7.55. The first-order valence-corrected chi connectivity index (χ1v) is 3.65. The second-order valence-electron chi connectivity index (χ2n) is 2.98. The summed E-state index contributed by atoms with van der Waals surface area (Å²) in [6, 6.07) is 0. The molecule has 0 aliphatic rings. The molecule has 0 aromatic rings. The van der Waals surface area contributed by atoms with Gasteiger partial charge in [0.15, 0.2) is 0 Å². The van der Waals surface area contributed by atoms with Gasteiger partial charge in [-0.1, -0.05) is 6.08 Å². The Hall–Kier alpha value is -1.32. The highest BCUT2D eigenvalue weighted by Gasteiger charge is 2.25. The van der Waals surface area contributed by atoms with Gasteiger partial charge in [-0.15, -0.1) is 0 Å². The molecule has 0 unspecified atom stereocenters. The van der Waals surface area contributed by atoms with Gasteiger partial charge in [-0.05, 0) is 26.8 Å². The molecule has 4 nitrogen and oxygen atoms in total.